The van der Waals surface area contributed by atoms with Gasteiger partial charge in [0, 0.05) is 25.3 Å². The monoisotopic (exact) mass is 352 g/mol. The average Bonchev–Trinajstić information content (AvgIpc) is 2.63. The summed E-state index contributed by atoms with van der Waals surface area (Å²) in [5.74, 6) is -1.81. The molecule has 26 heavy (non-hydrogen) atoms. The zero-order valence-corrected chi connectivity index (χ0v) is 14.2. The molecule has 2 aromatic rings. The minimum absolute atomic E-state index is 0.395. The second-order valence-corrected chi connectivity index (χ2v) is 6.70. The van der Waals surface area contributed by atoms with E-state index in [0.29, 0.717) is 22.6 Å². The third kappa shape index (κ3) is 1.47. The smallest absolute Gasteiger partial charge is 0.321 e. The van der Waals surface area contributed by atoms with Crippen LogP contribution in [0, 0.1) is 11.8 Å². The van der Waals surface area contributed by atoms with Crippen molar-refractivity contribution in [2.45, 2.75) is 11.2 Å². The summed E-state index contributed by atoms with van der Waals surface area (Å²) in [6.45, 7) is 0. The van der Waals surface area contributed by atoms with Crippen LogP contribution in [0.3, 0.4) is 0 Å². The van der Waals surface area contributed by atoms with Crippen molar-refractivity contribution in [1.29, 1.82) is 0 Å². The van der Waals surface area contributed by atoms with Gasteiger partial charge in [-0.2, -0.15) is 0 Å². The molecular formula is C20H16O6. The lowest BCUT2D eigenvalue weighted by Crippen LogP contribution is -2.78. The lowest BCUT2D eigenvalue weighted by molar-refractivity contribution is -0.319. The Kier molecular flexibility index (Phi) is 2.95. The standard InChI is InChI=1S/C20H16O6/c1-23-19-11-7-3-5-9-13(11)25-17(21)15(19)20(24-2)12-8-4-6-10-14(12)26-18(22)16(19)20/h3-10,15-16H,1-2H3. The Bertz CT molecular complexity index is 863. The number of fused-ring (bicyclic) bond motifs is 8. The number of carbonyl (C=O) groups excluding carboxylic acids is 2. The minimum atomic E-state index is -1.19. The van der Waals surface area contributed by atoms with E-state index in [1.807, 2.05) is 24.3 Å². The van der Waals surface area contributed by atoms with Crippen LogP contribution in [0.1, 0.15) is 11.1 Å². The van der Waals surface area contributed by atoms with E-state index in [4.69, 9.17) is 18.9 Å². The molecule has 0 amide bonds. The third-order valence-electron chi connectivity index (χ3n) is 5.90. The van der Waals surface area contributed by atoms with Gasteiger partial charge in [0.05, 0.1) is 0 Å². The van der Waals surface area contributed by atoms with Crippen molar-refractivity contribution >= 4 is 11.9 Å². The molecule has 0 atom stereocenters. The highest BCUT2D eigenvalue weighted by molar-refractivity contribution is 5.93. The zero-order valence-electron chi connectivity index (χ0n) is 14.2. The fraction of sp³-hybridized carbons (Fsp3) is 0.300. The molecule has 3 aliphatic rings. The van der Waals surface area contributed by atoms with Gasteiger partial charge in [0.25, 0.3) is 0 Å². The van der Waals surface area contributed by atoms with Crippen LogP contribution >= 0.6 is 0 Å². The number of ether oxygens (including phenoxy) is 4. The Hall–Kier alpha value is -2.70. The van der Waals surface area contributed by atoms with Gasteiger partial charge in [-0.3, -0.25) is 9.59 Å². The molecule has 0 saturated heterocycles. The summed E-state index contributed by atoms with van der Waals surface area (Å²) in [6, 6.07) is 14.2. The van der Waals surface area contributed by atoms with E-state index in [1.54, 1.807) is 24.3 Å². The fourth-order valence-corrected chi connectivity index (χ4v) is 4.98. The third-order valence-corrected chi connectivity index (χ3v) is 5.90. The van der Waals surface area contributed by atoms with Gasteiger partial charge in [-0.15, -0.1) is 0 Å². The van der Waals surface area contributed by atoms with Crippen LogP contribution in [-0.4, -0.2) is 26.2 Å². The molecule has 1 fully saturated rings. The number of methoxy groups -OCH3 is 2. The van der Waals surface area contributed by atoms with E-state index in [-0.39, 0.29) is 0 Å². The molecule has 5 rings (SSSR count). The Morgan fingerprint density at radius 2 is 1.12 bits per heavy atom. The maximum Gasteiger partial charge on any atom is 0.321 e. The molecule has 0 aromatic heterocycles. The van der Waals surface area contributed by atoms with E-state index in [0.717, 1.165) is 0 Å². The van der Waals surface area contributed by atoms with Crippen LogP contribution in [0.25, 0.3) is 0 Å². The second kappa shape index (κ2) is 4.93. The van der Waals surface area contributed by atoms with Crippen LogP contribution in [0.4, 0.5) is 0 Å². The first kappa shape index (κ1) is 15.5. The summed E-state index contributed by atoms with van der Waals surface area (Å²) in [7, 11) is 2.99. The Morgan fingerprint density at radius 3 is 1.50 bits per heavy atom. The SMILES string of the molecule is COC12c3ccccc3OC(=O)C1C1(OC)c3ccccc3OC(=O)C21. The molecule has 132 valence electrons. The first-order chi connectivity index (χ1) is 12.6. The zero-order chi connectivity index (χ0) is 18.1. The summed E-state index contributed by atoms with van der Waals surface area (Å²) in [5, 5.41) is 0. The van der Waals surface area contributed by atoms with Crippen LogP contribution in [0.2, 0.25) is 0 Å². The maximum atomic E-state index is 13.0. The number of benzene rings is 2. The van der Waals surface area contributed by atoms with Gasteiger partial charge < -0.3 is 18.9 Å². The average molecular weight is 352 g/mol. The highest BCUT2D eigenvalue weighted by Crippen LogP contribution is 2.71. The van der Waals surface area contributed by atoms with Crippen molar-refractivity contribution in [2.24, 2.45) is 11.8 Å². The molecule has 0 N–H and O–H groups in total. The van der Waals surface area contributed by atoms with E-state index in [2.05, 4.69) is 0 Å². The van der Waals surface area contributed by atoms with E-state index >= 15 is 0 Å². The van der Waals surface area contributed by atoms with Gasteiger partial charge in [-0.05, 0) is 12.1 Å². The highest BCUT2D eigenvalue weighted by atomic mass is 16.6. The molecule has 6 nitrogen and oxygen atoms in total. The maximum absolute atomic E-state index is 13.0. The molecule has 0 radical (unpaired) electrons. The quantitative estimate of drug-likeness (QED) is 0.609. The van der Waals surface area contributed by atoms with Gasteiger partial charge in [0.15, 0.2) is 0 Å². The number of hydrogen-bond donors (Lipinski definition) is 0. The van der Waals surface area contributed by atoms with E-state index in [9.17, 15) is 9.59 Å². The van der Waals surface area contributed by atoms with Crippen molar-refractivity contribution in [3.63, 3.8) is 0 Å². The highest BCUT2D eigenvalue weighted by Gasteiger charge is 2.83. The second-order valence-electron chi connectivity index (χ2n) is 6.70. The van der Waals surface area contributed by atoms with Gasteiger partial charge >= 0.3 is 11.9 Å². The number of rotatable bonds is 2. The normalized spacial score (nSPS) is 33.6. The van der Waals surface area contributed by atoms with Crippen molar-refractivity contribution in [3.05, 3.63) is 59.7 Å². The molecule has 0 bridgehead atoms. The summed E-state index contributed by atoms with van der Waals surface area (Å²) < 4.78 is 22.9. The van der Waals surface area contributed by atoms with Gasteiger partial charge in [-0.1, -0.05) is 36.4 Å². The van der Waals surface area contributed by atoms with E-state index in [1.165, 1.54) is 14.2 Å². The minimum Gasteiger partial charge on any atom is -0.426 e. The molecule has 6 heteroatoms. The molecular weight excluding hydrogens is 336 g/mol. The predicted molar refractivity (Wildman–Crippen MR) is 88.5 cm³/mol. The summed E-state index contributed by atoms with van der Waals surface area (Å²) in [6.07, 6.45) is 0. The number of para-hydroxylation sites is 2. The fourth-order valence-electron chi connectivity index (χ4n) is 4.98. The number of carbonyl (C=O) groups is 2. The molecule has 0 spiro atoms. The Labute approximate surface area is 149 Å². The van der Waals surface area contributed by atoms with Gasteiger partial charge in [0.2, 0.25) is 0 Å². The van der Waals surface area contributed by atoms with Gasteiger partial charge in [-0.25, -0.2) is 0 Å². The molecule has 2 heterocycles. The lowest BCUT2D eigenvalue weighted by Gasteiger charge is -2.66. The molecule has 1 aliphatic carbocycles. The summed E-state index contributed by atoms with van der Waals surface area (Å²) in [5.41, 5.74) is -1.07. The Morgan fingerprint density at radius 1 is 0.731 bits per heavy atom. The molecule has 2 aromatic carbocycles. The first-order valence-electron chi connectivity index (χ1n) is 8.34. The van der Waals surface area contributed by atoms with Crippen molar-refractivity contribution in [3.8, 4) is 11.5 Å². The lowest BCUT2D eigenvalue weighted by atomic mass is 9.44. The number of hydrogen-bond acceptors (Lipinski definition) is 6. The largest absolute Gasteiger partial charge is 0.426 e. The van der Waals surface area contributed by atoms with Crippen molar-refractivity contribution in [1.82, 2.24) is 0 Å². The van der Waals surface area contributed by atoms with Crippen molar-refractivity contribution in [2.75, 3.05) is 14.2 Å². The summed E-state index contributed by atoms with van der Waals surface area (Å²) in [4.78, 5) is 26.0. The Balaban J connectivity index is 1.83. The van der Waals surface area contributed by atoms with Crippen LogP contribution in [0.15, 0.2) is 48.5 Å². The predicted octanol–water partition coefficient (Wildman–Crippen LogP) is 2.15. The van der Waals surface area contributed by atoms with Crippen LogP contribution in [0.5, 0.6) is 11.5 Å². The first-order valence-corrected chi connectivity index (χ1v) is 8.34. The molecule has 1 saturated carbocycles. The van der Waals surface area contributed by atoms with Gasteiger partial charge in [0.1, 0.15) is 34.5 Å². The van der Waals surface area contributed by atoms with E-state index < -0.39 is 35.0 Å². The number of esters is 2. The molecule has 2 aliphatic heterocycles. The van der Waals surface area contributed by atoms with Crippen LogP contribution < -0.4 is 9.47 Å². The summed E-state index contributed by atoms with van der Waals surface area (Å²) >= 11 is 0. The topological polar surface area (TPSA) is 71.1 Å². The van der Waals surface area contributed by atoms with Crippen molar-refractivity contribution < 1.29 is 28.5 Å². The molecule has 0 unspecified atom stereocenters. The van der Waals surface area contributed by atoms with Crippen LogP contribution in [-0.2, 0) is 30.3 Å².